The van der Waals surface area contributed by atoms with E-state index in [0.29, 0.717) is 11.4 Å². The highest BCUT2D eigenvalue weighted by Gasteiger charge is 2.32. The summed E-state index contributed by atoms with van der Waals surface area (Å²) in [5, 5.41) is -0.113. The standard InChI is InChI=1S/C18H13ClF3N3OS/c19-15-8-13(18(20,21)22)9-24-17(15)25(11-12-4-2-1-3-5-12)27-14-6-7-16(26)23-10-14/h1-10H,11H2,(H,23,26). The van der Waals surface area contributed by atoms with E-state index in [9.17, 15) is 18.0 Å². The maximum absolute atomic E-state index is 12.9. The number of hydrogen-bond donors (Lipinski definition) is 1. The van der Waals surface area contributed by atoms with Crippen molar-refractivity contribution >= 4 is 29.4 Å². The van der Waals surface area contributed by atoms with Gasteiger partial charge in [0.1, 0.15) is 0 Å². The molecule has 140 valence electrons. The zero-order valence-corrected chi connectivity index (χ0v) is 15.3. The number of aromatic amines is 1. The van der Waals surface area contributed by atoms with E-state index in [4.69, 9.17) is 11.6 Å². The minimum Gasteiger partial charge on any atom is -0.328 e. The topological polar surface area (TPSA) is 49.0 Å². The predicted octanol–water partition coefficient (Wildman–Crippen LogP) is 5.16. The maximum atomic E-state index is 12.9. The lowest BCUT2D eigenvalue weighted by molar-refractivity contribution is -0.137. The zero-order valence-electron chi connectivity index (χ0n) is 13.7. The Hall–Kier alpha value is -2.45. The van der Waals surface area contributed by atoms with Crippen LogP contribution in [0.25, 0.3) is 0 Å². The van der Waals surface area contributed by atoms with Crippen molar-refractivity contribution in [3.63, 3.8) is 0 Å². The van der Waals surface area contributed by atoms with E-state index in [-0.39, 0.29) is 16.4 Å². The summed E-state index contributed by atoms with van der Waals surface area (Å²) >= 11 is 7.32. The lowest BCUT2D eigenvalue weighted by Gasteiger charge is -2.23. The number of pyridine rings is 2. The molecule has 0 amide bonds. The fraction of sp³-hybridized carbons (Fsp3) is 0.111. The van der Waals surface area contributed by atoms with Crippen LogP contribution >= 0.6 is 23.5 Å². The second-order valence-electron chi connectivity index (χ2n) is 5.53. The van der Waals surface area contributed by atoms with Crippen LogP contribution < -0.4 is 9.86 Å². The molecule has 4 nitrogen and oxygen atoms in total. The van der Waals surface area contributed by atoms with Crippen molar-refractivity contribution < 1.29 is 13.2 Å². The Morgan fingerprint density at radius 1 is 1.15 bits per heavy atom. The largest absolute Gasteiger partial charge is 0.417 e. The molecular formula is C18H13ClF3N3OS. The van der Waals surface area contributed by atoms with Gasteiger partial charge in [-0.25, -0.2) is 4.98 Å². The summed E-state index contributed by atoms with van der Waals surface area (Å²) in [6.45, 7) is 0.350. The normalized spacial score (nSPS) is 11.4. The Labute approximate surface area is 162 Å². The van der Waals surface area contributed by atoms with Crippen LogP contribution in [0.3, 0.4) is 0 Å². The summed E-state index contributed by atoms with van der Waals surface area (Å²) in [7, 11) is 0. The minimum absolute atomic E-state index is 0.113. The molecule has 27 heavy (non-hydrogen) atoms. The van der Waals surface area contributed by atoms with Crippen LogP contribution in [0.5, 0.6) is 0 Å². The van der Waals surface area contributed by atoms with Crippen LogP contribution in [0.2, 0.25) is 5.02 Å². The third kappa shape index (κ3) is 5.05. The number of nitrogens with zero attached hydrogens (tertiary/aromatic N) is 2. The van der Waals surface area contributed by atoms with Gasteiger partial charge in [0.25, 0.3) is 0 Å². The predicted molar refractivity (Wildman–Crippen MR) is 99.8 cm³/mol. The van der Waals surface area contributed by atoms with Crippen molar-refractivity contribution in [2.75, 3.05) is 4.31 Å². The SMILES string of the molecule is O=c1ccc(SN(Cc2ccccc2)c2ncc(C(F)(F)F)cc2Cl)c[nH]1. The molecule has 9 heteroatoms. The first-order valence-corrected chi connectivity index (χ1v) is 8.89. The van der Waals surface area contributed by atoms with Crippen LogP contribution in [0.4, 0.5) is 19.0 Å². The third-order valence-corrected chi connectivity index (χ3v) is 4.79. The molecule has 1 aromatic carbocycles. The lowest BCUT2D eigenvalue weighted by Crippen LogP contribution is -2.17. The van der Waals surface area contributed by atoms with E-state index in [2.05, 4.69) is 9.97 Å². The van der Waals surface area contributed by atoms with Gasteiger partial charge >= 0.3 is 6.18 Å². The second kappa shape index (κ2) is 8.06. The van der Waals surface area contributed by atoms with E-state index in [1.54, 1.807) is 10.4 Å². The van der Waals surface area contributed by atoms with E-state index in [1.807, 2.05) is 30.3 Å². The van der Waals surface area contributed by atoms with Crippen molar-refractivity contribution in [1.29, 1.82) is 0 Å². The summed E-state index contributed by atoms with van der Waals surface area (Å²) in [5.41, 5.74) is -0.239. The van der Waals surface area contributed by atoms with E-state index >= 15 is 0 Å². The van der Waals surface area contributed by atoms with Gasteiger partial charge in [-0.3, -0.25) is 9.10 Å². The van der Waals surface area contributed by atoms with Crippen LogP contribution in [0, 0.1) is 0 Å². The minimum atomic E-state index is -4.52. The van der Waals surface area contributed by atoms with Crippen molar-refractivity contribution in [2.24, 2.45) is 0 Å². The van der Waals surface area contributed by atoms with Gasteiger partial charge in [-0.2, -0.15) is 13.2 Å². The van der Waals surface area contributed by atoms with Crippen molar-refractivity contribution in [2.45, 2.75) is 17.6 Å². The molecule has 0 aliphatic carbocycles. The smallest absolute Gasteiger partial charge is 0.328 e. The van der Waals surface area contributed by atoms with Crippen LogP contribution in [-0.2, 0) is 12.7 Å². The molecule has 0 bridgehead atoms. The molecule has 3 aromatic rings. The second-order valence-corrected chi connectivity index (χ2v) is 7.03. The van der Waals surface area contributed by atoms with E-state index < -0.39 is 11.7 Å². The number of anilines is 1. The van der Waals surface area contributed by atoms with Gasteiger partial charge in [0.05, 0.1) is 17.1 Å². The molecule has 0 aliphatic heterocycles. The Morgan fingerprint density at radius 2 is 1.89 bits per heavy atom. The number of halogens is 4. The third-order valence-electron chi connectivity index (χ3n) is 3.53. The van der Waals surface area contributed by atoms with Crippen molar-refractivity contribution in [3.8, 4) is 0 Å². The van der Waals surface area contributed by atoms with Crippen molar-refractivity contribution in [3.05, 3.63) is 87.4 Å². The van der Waals surface area contributed by atoms with Gasteiger partial charge in [0, 0.05) is 23.4 Å². The van der Waals surface area contributed by atoms with Gasteiger partial charge in [-0.15, -0.1) is 0 Å². The molecule has 0 spiro atoms. The first-order valence-electron chi connectivity index (χ1n) is 7.74. The zero-order chi connectivity index (χ0) is 19.4. The van der Waals surface area contributed by atoms with Crippen LogP contribution in [-0.4, -0.2) is 9.97 Å². The highest BCUT2D eigenvalue weighted by Crippen LogP contribution is 2.37. The molecule has 3 rings (SSSR count). The fourth-order valence-electron chi connectivity index (χ4n) is 2.25. The molecule has 0 unspecified atom stereocenters. The molecule has 1 N–H and O–H groups in total. The number of H-pyrrole nitrogens is 1. The van der Waals surface area contributed by atoms with Gasteiger partial charge in [0.2, 0.25) is 5.56 Å². The number of alkyl halides is 3. The molecule has 2 aromatic heterocycles. The highest BCUT2D eigenvalue weighted by molar-refractivity contribution is 8.00. The Bertz CT molecular complexity index is 959. The average Bonchev–Trinajstić information content (AvgIpc) is 2.63. The summed E-state index contributed by atoms with van der Waals surface area (Å²) < 4.78 is 40.3. The first kappa shape index (κ1) is 19.3. The molecular weight excluding hydrogens is 399 g/mol. The molecule has 2 heterocycles. The van der Waals surface area contributed by atoms with Gasteiger partial charge in [0.15, 0.2) is 5.82 Å². The quantitative estimate of drug-likeness (QED) is 0.589. The number of benzene rings is 1. The monoisotopic (exact) mass is 411 g/mol. The van der Waals surface area contributed by atoms with Crippen LogP contribution in [0.15, 0.2) is 70.6 Å². The van der Waals surface area contributed by atoms with Crippen molar-refractivity contribution in [1.82, 2.24) is 9.97 Å². The fourth-order valence-corrected chi connectivity index (χ4v) is 3.51. The number of nitrogens with one attached hydrogen (secondary N) is 1. The summed E-state index contributed by atoms with van der Waals surface area (Å²) in [6, 6.07) is 13.2. The Kier molecular flexibility index (Phi) is 5.76. The Morgan fingerprint density at radius 3 is 2.48 bits per heavy atom. The van der Waals surface area contributed by atoms with E-state index in [0.717, 1.165) is 17.8 Å². The number of rotatable bonds is 5. The lowest BCUT2D eigenvalue weighted by atomic mass is 10.2. The molecule has 0 saturated heterocycles. The molecule has 0 saturated carbocycles. The summed E-state index contributed by atoms with van der Waals surface area (Å²) in [5.74, 6) is 0.199. The first-order chi connectivity index (χ1) is 12.8. The van der Waals surface area contributed by atoms with Gasteiger partial charge < -0.3 is 4.98 Å². The maximum Gasteiger partial charge on any atom is 0.417 e. The van der Waals surface area contributed by atoms with Crippen LogP contribution in [0.1, 0.15) is 11.1 Å². The molecule has 0 fully saturated rings. The average molecular weight is 412 g/mol. The summed E-state index contributed by atoms with van der Waals surface area (Å²) in [4.78, 5) is 18.4. The number of hydrogen-bond acceptors (Lipinski definition) is 4. The Balaban J connectivity index is 1.95. The molecule has 0 atom stereocenters. The highest BCUT2D eigenvalue weighted by atomic mass is 35.5. The molecule has 0 aliphatic rings. The summed E-state index contributed by atoms with van der Waals surface area (Å²) in [6.07, 6.45) is -2.25. The molecule has 0 radical (unpaired) electrons. The van der Waals surface area contributed by atoms with E-state index in [1.165, 1.54) is 24.2 Å². The van der Waals surface area contributed by atoms with Gasteiger partial charge in [-0.05, 0) is 29.6 Å². The van der Waals surface area contributed by atoms with Gasteiger partial charge in [-0.1, -0.05) is 41.9 Å². The number of aromatic nitrogens is 2.